The molecule has 1 N–H and O–H groups in total. The highest BCUT2D eigenvalue weighted by Crippen LogP contribution is 2.27. The topological polar surface area (TPSA) is 82.1 Å². The number of aryl methyl sites for hydroxylation is 1. The fourth-order valence-corrected chi connectivity index (χ4v) is 2.84. The van der Waals surface area contributed by atoms with Gasteiger partial charge in [0.25, 0.3) is 0 Å². The van der Waals surface area contributed by atoms with Crippen molar-refractivity contribution in [2.75, 3.05) is 5.32 Å². The minimum Gasteiger partial charge on any atom is -0.544 e. The number of anilines is 1. The van der Waals surface area contributed by atoms with Crippen LogP contribution in [0.3, 0.4) is 0 Å². The van der Waals surface area contributed by atoms with Gasteiger partial charge in [-0.2, -0.15) is 0 Å². The number of carboxylic acids is 1. The van der Waals surface area contributed by atoms with E-state index in [1.165, 1.54) is 0 Å². The second-order valence-corrected chi connectivity index (χ2v) is 5.88. The number of hydrogen-bond acceptors (Lipinski definition) is 5. The lowest BCUT2D eigenvalue weighted by Crippen LogP contribution is -2.21. The molecule has 21 heavy (non-hydrogen) atoms. The van der Waals surface area contributed by atoms with Crippen molar-refractivity contribution < 1.29 is 14.7 Å². The van der Waals surface area contributed by atoms with Gasteiger partial charge in [-0.25, -0.2) is 4.98 Å². The van der Waals surface area contributed by atoms with Crippen LogP contribution in [0.1, 0.15) is 33.2 Å². The number of aromatic carboxylic acids is 1. The van der Waals surface area contributed by atoms with Gasteiger partial charge in [0.2, 0.25) is 5.91 Å². The van der Waals surface area contributed by atoms with E-state index in [-0.39, 0.29) is 10.8 Å². The summed E-state index contributed by atoms with van der Waals surface area (Å²) in [5.74, 6) is -2.17. The average Bonchev–Trinajstić information content (AvgIpc) is 2.82. The van der Waals surface area contributed by atoms with Crippen LogP contribution in [0, 0.1) is 6.92 Å². The first-order chi connectivity index (χ1) is 9.90. The molecule has 110 valence electrons. The number of carbonyl (C=O) groups is 2. The van der Waals surface area contributed by atoms with Crippen LogP contribution in [-0.4, -0.2) is 16.9 Å². The summed E-state index contributed by atoms with van der Waals surface area (Å²) in [5, 5.41) is 14.5. The molecule has 1 aromatic heterocycles. The fraction of sp³-hybridized carbons (Fsp3) is 0.214. The van der Waals surface area contributed by atoms with Crippen LogP contribution >= 0.6 is 22.9 Å². The van der Waals surface area contributed by atoms with E-state index >= 15 is 0 Å². The number of amides is 1. The largest absolute Gasteiger partial charge is 0.544 e. The highest BCUT2D eigenvalue weighted by molar-refractivity contribution is 7.13. The summed E-state index contributed by atoms with van der Waals surface area (Å²) in [6.45, 7) is 3.23. The van der Waals surface area contributed by atoms with Gasteiger partial charge in [0, 0.05) is 0 Å². The minimum atomic E-state index is -1.28. The number of aromatic nitrogens is 1. The molecule has 0 saturated carbocycles. The zero-order valence-electron chi connectivity index (χ0n) is 11.3. The molecule has 2 rings (SSSR count). The summed E-state index contributed by atoms with van der Waals surface area (Å²) in [7, 11) is 0. The molecule has 0 aliphatic carbocycles. The summed E-state index contributed by atoms with van der Waals surface area (Å²) in [6.07, 6.45) is 0. The average molecular weight is 324 g/mol. The maximum absolute atomic E-state index is 12.2. The van der Waals surface area contributed by atoms with Crippen molar-refractivity contribution in [2.45, 2.75) is 19.8 Å². The lowest BCUT2D eigenvalue weighted by atomic mass is 10.1. The number of carbonyl (C=O) groups excluding carboxylic acids is 2. The van der Waals surface area contributed by atoms with Crippen LogP contribution in [0.15, 0.2) is 24.3 Å². The molecule has 0 unspecified atom stereocenters. The highest BCUT2D eigenvalue weighted by atomic mass is 35.5. The summed E-state index contributed by atoms with van der Waals surface area (Å²) < 4.78 is 0. The number of nitrogens with zero attached hydrogens (tertiary/aromatic N) is 1. The summed E-state index contributed by atoms with van der Waals surface area (Å²) in [6, 6.07) is 6.88. The number of nitrogens with one attached hydrogen (secondary N) is 1. The summed E-state index contributed by atoms with van der Waals surface area (Å²) in [5.41, 5.74) is 0.858. The SMILES string of the molecule is Cc1nc([C@@H](C)C(=O)Nc2ccccc2Cl)sc1C(=O)[O-]. The molecule has 0 spiro atoms. The van der Waals surface area contributed by atoms with E-state index in [2.05, 4.69) is 10.3 Å². The van der Waals surface area contributed by atoms with Crippen molar-refractivity contribution in [3.8, 4) is 0 Å². The maximum atomic E-state index is 12.2. The molecule has 0 radical (unpaired) electrons. The van der Waals surface area contributed by atoms with Gasteiger partial charge in [-0.3, -0.25) is 4.79 Å². The normalized spacial score (nSPS) is 12.0. The van der Waals surface area contributed by atoms with E-state index in [0.717, 1.165) is 11.3 Å². The van der Waals surface area contributed by atoms with Gasteiger partial charge in [-0.1, -0.05) is 23.7 Å². The first-order valence-corrected chi connectivity index (χ1v) is 7.33. The van der Waals surface area contributed by atoms with Crippen LogP contribution in [0.5, 0.6) is 0 Å². The van der Waals surface area contributed by atoms with Gasteiger partial charge >= 0.3 is 0 Å². The van der Waals surface area contributed by atoms with Gasteiger partial charge in [0.05, 0.1) is 33.2 Å². The summed E-state index contributed by atoms with van der Waals surface area (Å²) >= 11 is 6.93. The predicted molar refractivity (Wildman–Crippen MR) is 79.7 cm³/mol. The van der Waals surface area contributed by atoms with E-state index in [0.29, 0.717) is 21.4 Å². The predicted octanol–water partition coefficient (Wildman–Crippen LogP) is 2.21. The fourth-order valence-electron chi connectivity index (χ4n) is 1.71. The smallest absolute Gasteiger partial charge is 0.234 e. The van der Waals surface area contributed by atoms with Crippen molar-refractivity contribution in [3.05, 3.63) is 44.9 Å². The number of para-hydroxylation sites is 1. The number of halogens is 1. The van der Waals surface area contributed by atoms with Crippen molar-refractivity contribution in [1.82, 2.24) is 4.98 Å². The molecular formula is C14H12ClN2O3S-. The molecule has 0 aliphatic heterocycles. The van der Waals surface area contributed by atoms with Crippen LogP contribution in [0.25, 0.3) is 0 Å². The Balaban J connectivity index is 2.18. The third kappa shape index (κ3) is 3.40. The van der Waals surface area contributed by atoms with Crippen molar-refractivity contribution in [3.63, 3.8) is 0 Å². The van der Waals surface area contributed by atoms with Gasteiger partial charge in [0.1, 0.15) is 5.01 Å². The minimum absolute atomic E-state index is 0.0439. The Hall–Kier alpha value is -1.92. The number of carboxylic acid groups (broad SMARTS) is 1. The van der Waals surface area contributed by atoms with Crippen LogP contribution < -0.4 is 10.4 Å². The standard InChI is InChI=1S/C14H13ClN2O3S/c1-7(13-16-8(2)11(21-13)14(19)20)12(18)17-10-6-4-3-5-9(10)15/h3-7H,1-2H3,(H,17,18)(H,19,20)/p-1/t7-/m0/s1. The number of thiazole rings is 1. The van der Waals surface area contributed by atoms with Gasteiger partial charge < -0.3 is 15.2 Å². The zero-order valence-corrected chi connectivity index (χ0v) is 12.9. The van der Waals surface area contributed by atoms with Crippen LogP contribution in [-0.2, 0) is 4.79 Å². The van der Waals surface area contributed by atoms with E-state index in [4.69, 9.17) is 11.6 Å². The molecule has 1 amide bonds. The third-order valence-electron chi connectivity index (χ3n) is 2.89. The monoisotopic (exact) mass is 323 g/mol. The Morgan fingerprint density at radius 3 is 2.62 bits per heavy atom. The number of benzene rings is 1. The second-order valence-electron chi connectivity index (χ2n) is 4.44. The molecule has 0 fully saturated rings. The van der Waals surface area contributed by atoms with E-state index in [1.807, 2.05) is 0 Å². The van der Waals surface area contributed by atoms with E-state index in [1.54, 1.807) is 38.1 Å². The van der Waals surface area contributed by atoms with Gasteiger partial charge in [-0.05, 0) is 26.0 Å². The second kappa shape index (κ2) is 6.24. The van der Waals surface area contributed by atoms with Crippen LogP contribution in [0.2, 0.25) is 5.02 Å². The first kappa shape index (κ1) is 15.5. The zero-order chi connectivity index (χ0) is 15.6. The molecule has 0 saturated heterocycles. The molecule has 7 heteroatoms. The molecule has 0 bridgehead atoms. The quantitative estimate of drug-likeness (QED) is 0.935. The lowest BCUT2D eigenvalue weighted by Gasteiger charge is -2.10. The Morgan fingerprint density at radius 1 is 1.38 bits per heavy atom. The molecule has 2 aromatic rings. The molecule has 1 atom stereocenters. The third-order valence-corrected chi connectivity index (χ3v) is 4.54. The molecule has 1 aromatic carbocycles. The van der Waals surface area contributed by atoms with Crippen molar-refractivity contribution in [2.24, 2.45) is 0 Å². The Bertz CT molecular complexity index is 699. The maximum Gasteiger partial charge on any atom is 0.234 e. The highest BCUT2D eigenvalue weighted by Gasteiger charge is 2.21. The molecule has 0 aliphatic rings. The van der Waals surface area contributed by atoms with Gasteiger partial charge in [-0.15, -0.1) is 11.3 Å². The number of rotatable bonds is 4. The Labute approximate surface area is 130 Å². The lowest BCUT2D eigenvalue weighted by molar-refractivity contribution is -0.254. The first-order valence-electron chi connectivity index (χ1n) is 6.14. The molecular weight excluding hydrogens is 312 g/mol. The van der Waals surface area contributed by atoms with E-state index < -0.39 is 11.9 Å². The van der Waals surface area contributed by atoms with Crippen LogP contribution in [0.4, 0.5) is 5.69 Å². The van der Waals surface area contributed by atoms with E-state index in [9.17, 15) is 14.7 Å². The summed E-state index contributed by atoms with van der Waals surface area (Å²) in [4.78, 5) is 27.3. The molecule has 5 nitrogen and oxygen atoms in total. The Kier molecular flexibility index (Phi) is 4.59. The van der Waals surface area contributed by atoms with Crippen molar-refractivity contribution in [1.29, 1.82) is 0 Å². The number of hydrogen-bond donors (Lipinski definition) is 1. The Morgan fingerprint density at radius 2 is 2.05 bits per heavy atom. The van der Waals surface area contributed by atoms with Crippen molar-refractivity contribution >= 4 is 40.5 Å². The molecule has 1 heterocycles. The van der Waals surface area contributed by atoms with Gasteiger partial charge in [0.15, 0.2) is 0 Å².